The van der Waals surface area contributed by atoms with Crippen molar-refractivity contribution >= 4 is 16.7 Å². The average Bonchev–Trinajstić information content (AvgIpc) is 3.17. The maximum Gasteiger partial charge on any atom is 0.116 e. The summed E-state index contributed by atoms with van der Waals surface area (Å²) in [5, 5.41) is 0. The van der Waals surface area contributed by atoms with Crippen molar-refractivity contribution in [1.29, 1.82) is 0 Å². The zero-order valence-corrected chi connectivity index (χ0v) is 20.9. The summed E-state index contributed by atoms with van der Waals surface area (Å²) >= 11 is 0. The van der Waals surface area contributed by atoms with E-state index >= 15 is 0 Å². The minimum absolute atomic E-state index is 0. The molecule has 1 fully saturated rings. The Labute approximate surface area is 204 Å². The molecule has 5 rings (SSSR count). The number of aromatic nitrogens is 3. The summed E-state index contributed by atoms with van der Waals surface area (Å²) in [5.41, 5.74) is 14.4. The Hall–Kier alpha value is -1.80. The van der Waals surface area contributed by atoms with Gasteiger partial charge in [0.1, 0.15) is 5.82 Å². The molecule has 0 amide bonds. The SMILES string of the molecule is C=C1N(Cc2nc3ccccc3n2[NH-])c2cnccc2C12CCC2.CN.CN.[CH3-].[Y]. The van der Waals surface area contributed by atoms with Crippen LogP contribution in [0.25, 0.3) is 16.9 Å². The monoisotopic (exact) mass is 482 g/mol. The van der Waals surface area contributed by atoms with E-state index in [1.165, 1.54) is 30.8 Å². The summed E-state index contributed by atoms with van der Waals surface area (Å²) in [7, 11) is 3.00. The number of para-hydroxylation sites is 2. The van der Waals surface area contributed by atoms with Crippen molar-refractivity contribution in [3.05, 3.63) is 79.7 Å². The van der Waals surface area contributed by atoms with Gasteiger partial charge in [0, 0.05) is 50.0 Å². The van der Waals surface area contributed by atoms with Crippen LogP contribution in [-0.4, -0.2) is 28.7 Å². The van der Waals surface area contributed by atoms with E-state index in [1.54, 1.807) is 0 Å². The number of nitrogens with two attached hydrogens (primary N) is 2. The van der Waals surface area contributed by atoms with Crippen molar-refractivity contribution in [2.75, 3.05) is 19.0 Å². The molecule has 3 aromatic rings. The molecule has 0 bridgehead atoms. The van der Waals surface area contributed by atoms with E-state index in [0.29, 0.717) is 6.54 Å². The fraction of sp³-hybridized carbons (Fsp3) is 0.318. The second-order valence-corrected chi connectivity index (χ2v) is 6.71. The van der Waals surface area contributed by atoms with Crippen molar-refractivity contribution < 1.29 is 32.7 Å². The second kappa shape index (κ2) is 11.0. The van der Waals surface area contributed by atoms with E-state index in [-0.39, 0.29) is 45.6 Å². The van der Waals surface area contributed by atoms with Crippen LogP contribution in [0.4, 0.5) is 5.69 Å². The molecule has 1 radical (unpaired) electrons. The number of nitrogens with one attached hydrogen (secondary N) is 1. The van der Waals surface area contributed by atoms with Crippen LogP contribution >= 0.6 is 0 Å². The van der Waals surface area contributed by atoms with Crippen molar-refractivity contribution in [3.8, 4) is 0 Å². The van der Waals surface area contributed by atoms with Crippen molar-refractivity contribution in [1.82, 2.24) is 14.6 Å². The van der Waals surface area contributed by atoms with Gasteiger partial charge in [-0.2, -0.15) is 0 Å². The van der Waals surface area contributed by atoms with Gasteiger partial charge in [0.05, 0.1) is 29.5 Å². The number of hydrogen-bond acceptors (Lipinski definition) is 5. The van der Waals surface area contributed by atoms with Crippen molar-refractivity contribution in [2.24, 2.45) is 11.5 Å². The number of imidazole rings is 1. The van der Waals surface area contributed by atoms with Crippen LogP contribution in [0.5, 0.6) is 0 Å². The van der Waals surface area contributed by atoms with Crippen LogP contribution in [-0.2, 0) is 44.7 Å². The van der Waals surface area contributed by atoms with Gasteiger partial charge in [-0.1, -0.05) is 25.1 Å². The first-order valence-electron chi connectivity index (χ1n) is 9.45. The van der Waals surface area contributed by atoms with Gasteiger partial charge in [0.2, 0.25) is 0 Å². The van der Waals surface area contributed by atoms with E-state index in [4.69, 9.17) is 5.84 Å². The molecule has 1 spiro atoms. The predicted octanol–water partition coefficient (Wildman–Crippen LogP) is 3.80. The first-order chi connectivity index (χ1) is 13.7. The normalized spacial score (nSPS) is 14.9. The number of allylic oxidation sites excluding steroid dienone is 1. The predicted molar refractivity (Wildman–Crippen MR) is 121 cm³/mol. The zero-order valence-electron chi connectivity index (χ0n) is 18.1. The molecule has 8 heteroatoms. The second-order valence-electron chi connectivity index (χ2n) is 6.71. The Bertz CT molecular complexity index is 979. The molecule has 5 N–H and O–H groups in total. The molecular formula is C22H31N7Y-2. The molecule has 0 unspecified atom stereocenters. The van der Waals surface area contributed by atoms with Gasteiger partial charge in [0.25, 0.3) is 0 Å². The number of hydrogen-bond donors (Lipinski definition) is 2. The summed E-state index contributed by atoms with van der Waals surface area (Å²) in [6.07, 6.45) is 7.33. The van der Waals surface area contributed by atoms with Crippen LogP contribution in [0.3, 0.4) is 0 Å². The quantitative estimate of drug-likeness (QED) is 0.540. The van der Waals surface area contributed by atoms with Crippen LogP contribution in [0.15, 0.2) is 55.0 Å². The van der Waals surface area contributed by atoms with Gasteiger partial charge in [-0.15, -0.1) is 0 Å². The Morgan fingerprint density at radius 1 is 1.13 bits per heavy atom. The summed E-state index contributed by atoms with van der Waals surface area (Å²) in [4.78, 5) is 11.2. The van der Waals surface area contributed by atoms with E-state index in [2.05, 4.69) is 39.0 Å². The Kier molecular flexibility index (Phi) is 9.62. The standard InChI is InChI=1S/C19H18N5.2CH5N.CH3.Y/c1-13-19(8-4-9-19)14-7-10-21-11-17(14)23(13)12-18-22-15-5-2-3-6-16(15)24(18)20;2*1-2;;/h2-3,5-7,10-11,20H,1,4,8-9,12H2;2*2H2,1H3;1H3;/q-1;;;-1;. The Balaban J connectivity index is 0.000000711. The third kappa shape index (κ3) is 4.04. The third-order valence-corrected chi connectivity index (χ3v) is 5.62. The van der Waals surface area contributed by atoms with Crippen LogP contribution < -0.4 is 16.4 Å². The van der Waals surface area contributed by atoms with E-state index in [0.717, 1.165) is 41.1 Å². The molecule has 2 aliphatic rings. The molecule has 0 atom stereocenters. The largest absolute Gasteiger partial charge is 0.630 e. The van der Waals surface area contributed by atoms with Crippen LogP contribution in [0, 0.1) is 7.43 Å². The maximum absolute atomic E-state index is 8.37. The molecule has 1 aromatic carbocycles. The first kappa shape index (κ1) is 26.2. The maximum atomic E-state index is 8.37. The van der Waals surface area contributed by atoms with Gasteiger partial charge in [-0.3, -0.25) is 4.98 Å². The first-order valence-corrected chi connectivity index (χ1v) is 9.45. The molecule has 3 heterocycles. The summed E-state index contributed by atoms with van der Waals surface area (Å²) in [6.45, 7) is 4.96. The fourth-order valence-electron chi connectivity index (χ4n) is 4.16. The van der Waals surface area contributed by atoms with Gasteiger partial charge < -0.3 is 34.3 Å². The van der Waals surface area contributed by atoms with E-state index in [9.17, 15) is 0 Å². The molecule has 7 nitrogen and oxygen atoms in total. The number of benzene rings is 1. The molecule has 30 heavy (non-hydrogen) atoms. The van der Waals surface area contributed by atoms with E-state index in [1.807, 2.05) is 36.7 Å². The third-order valence-electron chi connectivity index (χ3n) is 5.62. The molecule has 159 valence electrons. The molecule has 1 aliphatic carbocycles. The number of rotatable bonds is 2. The summed E-state index contributed by atoms with van der Waals surface area (Å²) in [6, 6.07) is 9.90. The fourth-order valence-corrected chi connectivity index (χ4v) is 4.16. The van der Waals surface area contributed by atoms with Gasteiger partial charge in [0.15, 0.2) is 0 Å². The van der Waals surface area contributed by atoms with E-state index < -0.39 is 0 Å². The number of fused-ring (bicyclic) bond motifs is 3. The summed E-state index contributed by atoms with van der Waals surface area (Å²) in [5.74, 6) is 9.10. The van der Waals surface area contributed by atoms with Crippen molar-refractivity contribution in [3.63, 3.8) is 0 Å². The Morgan fingerprint density at radius 3 is 2.40 bits per heavy atom. The number of pyridine rings is 1. The molecule has 0 saturated heterocycles. The smallest absolute Gasteiger partial charge is 0.116 e. The minimum Gasteiger partial charge on any atom is -0.630 e. The molecule has 1 saturated carbocycles. The molecule has 2 aromatic heterocycles. The molecule has 1 aliphatic heterocycles. The van der Waals surface area contributed by atoms with Crippen molar-refractivity contribution in [2.45, 2.75) is 31.2 Å². The summed E-state index contributed by atoms with van der Waals surface area (Å²) < 4.78 is 1.43. The van der Waals surface area contributed by atoms with Crippen LogP contribution in [0.1, 0.15) is 30.7 Å². The average molecular weight is 482 g/mol. The minimum atomic E-state index is 0. The zero-order chi connectivity index (χ0) is 20.3. The Morgan fingerprint density at radius 2 is 1.80 bits per heavy atom. The number of anilines is 1. The van der Waals surface area contributed by atoms with Gasteiger partial charge in [-0.25, -0.2) is 4.98 Å². The van der Waals surface area contributed by atoms with Gasteiger partial charge >= 0.3 is 0 Å². The number of nitrogens with zero attached hydrogens (tertiary/aromatic N) is 4. The topological polar surface area (TPSA) is 110 Å². The van der Waals surface area contributed by atoms with Crippen LogP contribution in [0.2, 0.25) is 0 Å². The van der Waals surface area contributed by atoms with Gasteiger partial charge in [-0.05, 0) is 50.7 Å². The molecular weight excluding hydrogens is 451 g/mol.